The zero-order valence-corrected chi connectivity index (χ0v) is 9.86. The Balaban J connectivity index is 2.05. The highest BCUT2D eigenvalue weighted by Crippen LogP contribution is 2.22. The number of thioether (sulfide) groups is 1. The van der Waals surface area contributed by atoms with Gasteiger partial charge in [-0.15, -0.1) is 0 Å². The fourth-order valence-corrected chi connectivity index (χ4v) is 2.19. The molecule has 0 spiro atoms. The number of hydrogen-bond donors (Lipinski definition) is 1. The third-order valence-electron chi connectivity index (χ3n) is 2.29. The van der Waals surface area contributed by atoms with Crippen LogP contribution in [0.4, 0.5) is 0 Å². The second-order valence-electron chi connectivity index (χ2n) is 3.33. The molecule has 2 aromatic heterocycles. The minimum Gasteiger partial charge on any atom is -0.390 e. The van der Waals surface area contributed by atoms with E-state index in [9.17, 15) is 0 Å². The number of aryl methyl sites for hydroxylation is 1. The van der Waals surface area contributed by atoms with Gasteiger partial charge in [-0.3, -0.25) is 0 Å². The van der Waals surface area contributed by atoms with E-state index in [-0.39, 0.29) is 6.61 Å². The standard InChI is InChI=1S/C9H12N4O2S/c1-6-8(12-15-11-6)5-16-9-10-3-7(4-14)13(9)2/h3,14H,4-5H2,1-2H3. The van der Waals surface area contributed by atoms with Gasteiger partial charge in [0.2, 0.25) is 0 Å². The SMILES string of the molecule is Cc1nonc1CSc1ncc(CO)n1C. The summed E-state index contributed by atoms with van der Waals surface area (Å²) >= 11 is 1.53. The van der Waals surface area contributed by atoms with Crippen LogP contribution in [0, 0.1) is 6.92 Å². The predicted octanol–water partition coefficient (Wildman–Crippen LogP) is 0.896. The highest BCUT2D eigenvalue weighted by Gasteiger charge is 2.10. The number of rotatable bonds is 4. The van der Waals surface area contributed by atoms with E-state index in [1.807, 2.05) is 18.5 Å². The molecule has 0 unspecified atom stereocenters. The molecule has 0 bridgehead atoms. The third kappa shape index (κ3) is 2.10. The van der Waals surface area contributed by atoms with Crippen molar-refractivity contribution in [2.75, 3.05) is 0 Å². The van der Waals surface area contributed by atoms with Crippen LogP contribution in [0.25, 0.3) is 0 Å². The summed E-state index contributed by atoms with van der Waals surface area (Å²) in [5.41, 5.74) is 2.40. The van der Waals surface area contributed by atoms with Crippen LogP contribution in [-0.4, -0.2) is 25.0 Å². The summed E-state index contributed by atoms with van der Waals surface area (Å²) in [6.07, 6.45) is 1.66. The van der Waals surface area contributed by atoms with Crippen LogP contribution in [0.2, 0.25) is 0 Å². The van der Waals surface area contributed by atoms with E-state index in [1.54, 1.807) is 6.20 Å². The number of nitrogens with zero attached hydrogens (tertiary/aromatic N) is 4. The fourth-order valence-electron chi connectivity index (χ4n) is 1.22. The van der Waals surface area contributed by atoms with Gasteiger partial charge in [-0.2, -0.15) is 0 Å². The first-order chi connectivity index (χ1) is 7.72. The van der Waals surface area contributed by atoms with Crippen molar-refractivity contribution in [1.29, 1.82) is 0 Å². The molecule has 2 rings (SSSR count). The first-order valence-corrected chi connectivity index (χ1v) is 5.73. The van der Waals surface area contributed by atoms with Crippen molar-refractivity contribution < 1.29 is 9.74 Å². The van der Waals surface area contributed by atoms with Gasteiger partial charge in [-0.1, -0.05) is 22.1 Å². The molecular formula is C9H12N4O2S. The summed E-state index contributed by atoms with van der Waals surface area (Å²) in [7, 11) is 1.87. The van der Waals surface area contributed by atoms with Crippen LogP contribution in [0.5, 0.6) is 0 Å². The van der Waals surface area contributed by atoms with Gasteiger partial charge in [0.1, 0.15) is 11.4 Å². The molecular weight excluding hydrogens is 228 g/mol. The number of aliphatic hydroxyl groups excluding tert-OH is 1. The lowest BCUT2D eigenvalue weighted by Gasteiger charge is -2.02. The largest absolute Gasteiger partial charge is 0.390 e. The number of aromatic nitrogens is 4. The average molecular weight is 240 g/mol. The Bertz CT molecular complexity index is 480. The minimum absolute atomic E-state index is 0.00535. The normalized spacial score (nSPS) is 10.9. The Morgan fingerprint density at radius 2 is 2.31 bits per heavy atom. The maximum Gasteiger partial charge on any atom is 0.168 e. The van der Waals surface area contributed by atoms with Gasteiger partial charge < -0.3 is 9.67 Å². The molecule has 0 aliphatic carbocycles. The lowest BCUT2D eigenvalue weighted by atomic mass is 10.4. The molecule has 2 aromatic rings. The molecule has 0 saturated carbocycles. The summed E-state index contributed by atoms with van der Waals surface area (Å²) < 4.78 is 6.46. The Hall–Kier alpha value is -1.34. The van der Waals surface area contributed by atoms with Gasteiger partial charge >= 0.3 is 0 Å². The Labute approximate surface area is 96.6 Å². The van der Waals surface area contributed by atoms with Crippen LogP contribution in [0.3, 0.4) is 0 Å². The van der Waals surface area contributed by atoms with Crippen molar-refractivity contribution in [3.63, 3.8) is 0 Å². The molecule has 0 aromatic carbocycles. The van der Waals surface area contributed by atoms with Gasteiger partial charge in [0.05, 0.1) is 18.5 Å². The van der Waals surface area contributed by atoms with Gasteiger partial charge in [0, 0.05) is 12.8 Å². The molecule has 0 fully saturated rings. The molecule has 0 amide bonds. The quantitative estimate of drug-likeness (QED) is 0.800. The molecule has 0 aliphatic heterocycles. The van der Waals surface area contributed by atoms with Crippen molar-refractivity contribution in [1.82, 2.24) is 19.9 Å². The van der Waals surface area contributed by atoms with Crippen LogP contribution < -0.4 is 0 Å². The van der Waals surface area contributed by atoms with Crippen molar-refractivity contribution in [2.45, 2.75) is 24.4 Å². The molecule has 7 heteroatoms. The number of aliphatic hydroxyl groups is 1. The maximum atomic E-state index is 9.02. The van der Waals surface area contributed by atoms with Crippen LogP contribution in [-0.2, 0) is 19.4 Å². The van der Waals surface area contributed by atoms with Gasteiger partial charge in [0.15, 0.2) is 5.16 Å². The molecule has 1 N–H and O–H groups in total. The lowest BCUT2D eigenvalue weighted by Crippen LogP contribution is -1.97. The predicted molar refractivity (Wildman–Crippen MR) is 57.7 cm³/mol. The molecule has 0 aliphatic rings. The topological polar surface area (TPSA) is 77.0 Å². The van der Waals surface area contributed by atoms with Gasteiger partial charge in [-0.05, 0) is 6.92 Å². The third-order valence-corrected chi connectivity index (χ3v) is 3.34. The Kier molecular flexibility index (Phi) is 3.25. The average Bonchev–Trinajstić information content (AvgIpc) is 2.83. The molecule has 2 heterocycles. The Morgan fingerprint density at radius 3 is 2.88 bits per heavy atom. The Morgan fingerprint density at radius 1 is 1.50 bits per heavy atom. The lowest BCUT2D eigenvalue weighted by molar-refractivity contribution is 0.271. The summed E-state index contributed by atoms with van der Waals surface area (Å²) in [6, 6.07) is 0. The van der Waals surface area contributed by atoms with Gasteiger partial charge in [0.25, 0.3) is 0 Å². The molecule has 0 saturated heterocycles. The summed E-state index contributed by atoms with van der Waals surface area (Å²) in [4.78, 5) is 4.20. The van der Waals surface area contributed by atoms with Crippen LogP contribution in [0.15, 0.2) is 16.0 Å². The second-order valence-corrected chi connectivity index (χ2v) is 4.28. The zero-order valence-electron chi connectivity index (χ0n) is 9.04. The van der Waals surface area contributed by atoms with E-state index in [0.717, 1.165) is 22.2 Å². The first kappa shape index (κ1) is 11.2. The number of hydrogen-bond acceptors (Lipinski definition) is 6. The van der Waals surface area contributed by atoms with Crippen LogP contribution >= 0.6 is 11.8 Å². The van der Waals surface area contributed by atoms with E-state index < -0.39 is 0 Å². The maximum absolute atomic E-state index is 9.02. The van der Waals surface area contributed by atoms with E-state index in [1.165, 1.54) is 11.8 Å². The van der Waals surface area contributed by atoms with E-state index in [0.29, 0.717) is 5.75 Å². The van der Waals surface area contributed by atoms with Gasteiger partial charge in [-0.25, -0.2) is 9.61 Å². The van der Waals surface area contributed by atoms with E-state index >= 15 is 0 Å². The first-order valence-electron chi connectivity index (χ1n) is 4.74. The number of imidazole rings is 1. The fraction of sp³-hybridized carbons (Fsp3) is 0.444. The highest BCUT2D eigenvalue weighted by molar-refractivity contribution is 7.98. The van der Waals surface area contributed by atoms with E-state index in [2.05, 4.69) is 19.9 Å². The minimum atomic E-state index is -0.00535. The summed E-state index contributed by atoms with van der Waals surface area (Å²) in [5.74, 6) is 0.658. The second kappa shape index (κ2) is 4.67. The van der Waals surface area contributed by atoms with Crippen molar-refractivity contribution in [3.05, 3.63) is 23.3 Å². The summed E-state index contributed by atoms with van der Waals surface area (Å²) in [5, 5.41) is 17.4. The molecule has 0 atom stereocenters. The molecule has 86 valence electrons. The van der Waals surface area contributed by atoms with Crippen LogP contribution in [0.1, 0.15) is 17.1 Å². The monoisotopic (exact) mass is 240 g/mol. The van der Waals surface area contributed by atoms with Crippen molar-refractivity contribution >= 4 is 11.8 Å². The van der Waals surface area contributed by atoms with Crippen molar-refractivity contribution in [2.24, 2.45) is 7.05 Å². The molecule has 0 radical (unpaired) electrons. The smallest absolute Gasteiger partial charge is 0.168 e. The molecule has 16 heavy (non-hydrogen) atoms. The summed E-state index contributed by atoms with van der Waals surface area (Å²) in [6.45, 7) is 1.85. The zero-order chi connectivity index (χ0) is 11.5. The van der Waals surface area contributed by atoms with Crippen molar-refractivity contribution in [3.8, 4) is 0 Å². The van der Waals surface area contributed by atoms with E-state index in [4.69, 9.17) is 5.11 Å². The molecule has 6 nitrogen and oxygen atoms in total. The highest BCUT2D eigenvalue weighted by atomic mass is 32.2.